The zero-order valence-corrected chi connectivity index (χ0v) is 46.5. The lowest BCUT2D eigenvalue weighted by Gasteiger charge is -2.26. The van der Waals surface area contributed by atoms with E-state index in [9.17, 15) is 0 Å². The van der Waals surface area contributed by atoms with Crippen LogP contribution in [0.4, 0.5) is 0 Å². The molecular formula is C61H75Cl2N5O5. The first-order valence-electron chi connectivity index (χ1n) is 25.1. The standard InChI is InChI=1S/C30H43N3.C30H30N2O5.CH2Cl2/c1-27(2,3)21-13-20(14-22(15-21)28(4,5)6)26-19-33(32-31-26)25-17-23(29(7,8)9)16-24(18-25)30(10,11)12;1-3-27-23-7-11-25(12-8-23)36-21-19-34-17-15-33-16-18-35-20-22-37-26-13-9-24(10-14-26)28-4-2-6-30(32-28)29(5-1)31-27;2-1-3/h13-19H,1-12H3;1-14H,15-22H2;1H2. The third-order valence-corrected chi connectivity index (χ3v) is 12.2. The molecule has 0 aliphatic carbocycles. The van der Waals surface area contributed by atoms with E-state index in [2.05, 4.69) is 136 Å². The number of hydrogen-bond acceptors (Lipinski definition) is 9. The topological polar surface area (TPSA) is 103 Å². The van der Waals surface area contributed by atoms with Crippen molar-refractivity contribution in [2.24, 2.45) is 0 Å². The molecule has 3 aliphatic rings. The molecule has 7 aromatic rings. The first-order valence-corrected chi connectivity index (χ1v) is 26.2. The fraction of sp³-hybridized carbons (Fsp3) is 0.410. The Bertz CT molecular complexity index is 2570. The second-order valence-electron chi connectivity index (χ2n) is 22.1. The summed E-state index contributed by atoms with van der Waals surface area (Å²) in [6.45, 7) is 31.2. The van der Waals surface area contributed by atoms with Gasteiger partial charge in [-0.1, -0.05) is 113 Å². The van der Waals surface area contributed by atoms with Gasteiger partial charge in [0.05, 0.1) is 79.6 Å². The van der Waals surface area contributed by atoms with Crippen molar-refractivity contribution in [3.63, 3.8) is 0 Å². The van der Waals surface area contributed by atoms with Gasteiger partial charge in [0, 0.05) is 16.7 Å². The minimum absolute atomic E-state index is 0.0576. The summed E-state index contributed by atoms with van der Waals surface area (Å²) in [5, 5.41) is 9.36. The molecule has 0 spiro atoms. The summed E-state index contributed by atoms with van der Waals surface area (Å²) in [6.07, 6.45) is 2.07. The van der Waals surface area contributed by atoms with Crippen LogP contribution in [0.2, 0.25) is 0 Å². The molecule has 10 rings (SSSR count). The molecule has 12 heteroatoms. The second kappa shape index (κ2) is 25.6. The van der Waals surface area contributed by atoms with Crippen LogP contribution in [0.1, 0.15) is 105 Å². The Labute approximate surface area is 444 Å². The van der Waals surface area contributed by atoms with Gasteiger partial charge in [0.25, 0.3) is 0 Å². The van der Waals surface area contributed by atoms with Crippen molar-refractivity contribution in [1.29, 1.82) is 0 Å². The van der Waals surface area contributed by atoms with E-state index in [0.717, 1.165) is 62.3 Å². The Hall–Kier alpha value is -5.62. The quantitative estimate of drug-likeness (QED) is 0.157. The molecule has 10 nitrogen and oxygen atoms in total. The molecule has 8 bridgehead atoms. The molecule has 388 valence electrons. The number of fused-ring (bicyclic) bond motifs is 2. The lowest BCUT2D eigenvalue weighted by Crippen LogP contribution is -2.17. The number of ether oxygens (including phenoxy) is 5. The largest absolute Gasteiger partial charge is 0.491 e. The number of aromatic nitrogens is 5. The zero-order chi connectivity index (χ0) is 52.8. The third-order valence-electron chi connectivity index (χ3n) is 12.2. The van der Waals surface area contributed by atoms with Crippen LogP contribution in [0.25, 0.3) is 50.8 Å². The Morgan fingerprint density at radius 2 is 0.753 bits per heavy atom. The van der Waals surface area contributed by atoms with E-state index < -0.39 is 0 Å². The van der Waals surface area contributed by atoms with Gasteiger partial charge in [0.15, 0.2) is 0 Å². The van der Waals surface area contributed by atoms with Crippen molar-refractivity contribution in [2.75, 3.05) is 58.2 Å². The van der Waals surface area contributed by atoms with E-state index in [1.54, 1.807) is 0 Å². The van der Waals surface area contributed by atoms with E-state index in [1.165, 1.54) is 22.3 Å². The van der Waals surface area contributed by atoms with Gasteiger partial charge in [-0.3, -0.25) is 0 Å². The van der Waals surface area contributed by atoms with E-state index in [-0.39, 0.29) is 27.0 Å². The maximum absolute atomic E-state index is 5.79. The summed E-state index contributed by atoms with van der Waals surface area (Å²) in [6, 6.07) is 41.5. The number of hydrogen-bond donors (Lipinski definition) is 0. The lowest BCUT2D eigenvalue weighted by molar-refractivity contribution is 0.00499. The Balaban J connectivity index is 0.000000228. The molecule has 4 aromatic carbocycles. The molecular weight excluding hydrogens is 954 g/mol. The number of benzene rings is 4. The molecule has 0 unspecified atom stereocenters. The molecule has 0 saturated carbocycles. The Morgan fingerprint density at radius 3 is 1.12 bits per heavy atom. The van der Waals surface area contributed by atoms with Crippen molar-refractivity contribution in [3.8, 4) is 62.3 Å². The summed E-state index contributed by atoms with van der Waals surface area (Å²) in [5.41, 5.74) is 14.0. The maximum Gasteiger partial charge on any atom is 0.119 e. The Kier molecular flexibility index (Phi) is 19.8. The summed E-state index contributed by atoms with van der Waals surface area (Å²) in [5.74, 6) is 1.58. The normalized spacial score (nSPS) is 14.1. The van der Waals surface area contributed by atoms with Crippen molar-refractivity contribution in [1.82, 2.24) is 25.0 Å². The molecule has 0 amide bonds. The van der Waals surface area contributed by atoms with Gasteiger partial charge >= 0.3 is 0 Å². The number of nitrogens with zero attached hydrogens (tertiary/aromatic N) is 5. The van der Waals surface area contributed by atoms with Gasteiger partial charge in [-0.05, 0) is 141 Å². The van der Waals surface area contributed by atoms with Crippen LogP contribution in [-0.2, 0) is 35.9 Å². The molecule has 0 radical (unpaired) electrons. The van der Waals surface area contributed by atoms with Crippen LogP contribution < -0.4 is 9.47 Å². The minimum Gasteiger partial charge on any atom is -0.491 e. The van der Waals surface area contributed by atoms with E-state index in [1.807, 2.05) is 89.6 Å². The van der Waals surface area contributed by atoms with Gasteiger partial charge in [-0.25, -0.2) is 14.6 Å². The third kappa shape index (κ3) is 17.0. The number of pyridine rings is 2. The molecule has 3 aliphatic heterocycles. The summed E-state index contributed by atoms with van der Waals surface area (Å²) < 4.78 is 30.2. The fourth-order valence-electron chi connectivity index (χ4n) is 7.67. The second-order valence-corrected chi connectivity index (χ2v) is 22.9. The van der Waals surface area contributed by atoms with Gasteiger partial charge in [0.1, 0.15) is 30.4 Å². The lowest BCUT2D eigenvalue weighted by atomic mass is 9.79. The van der Waals surface area contributed by atoms with Gasteiger partial charge in [-0.2, -0.15) is 0 Å². The molecule has 3 aromatic heterocycles. The number of alkyl halides is 2. The van der Waals surface area contributed by atoms with Crippen LogP contribution in [0.5, 0.6) is 11.5 Å². The molecule has 0 atom stereocenters. The molecule has 6 heterocycles. The van der Waals surface area contributed by atoms with Crippen molar-refractivity contribution in [3.05, 3.63) is 150 Å². The van der Waals surface area contributed by atoms with Crippen molar-refractivity contribution in [2.45, 2.75) is 105 Å². The van der Waals surface area contributed by atoms with Crippen LogP contribution in [0, 0.1) is 0 Å². The summed E-state index contributed by atoms with van der Waals surface area (Å²) in [4.78, 5) is 9.75. The summed E-state index contributed by atoms with van der Waals surface area (Å²) in [7, 11) is 0. The van der Waals surface area contributed by atoms with Crippen molar-refractivity contribution >= 4 is 23.2 Å². The molecule has 73 heavy (non-hydrogen) atoms. The van der Waals surface area contributed by atoms with E-state index in [0.29, 0.717) is 52.9 Å². The van der Waals surface area contributed by atoms with Gasteiger partial charge < -0.3 is 23.7 Å². The number of halogens is 2. The highest BCUT2D eigenvalue weighted by Crippen LogP contribution is 2.35. The average molecular weight is 1030 g/mol. The fourth-order valence-corrected chi connectivity index (χ4v) is 7.67. The highest BCUT2D eigenvalue weighted by molar-refractivity contribution is 6.40. The number of rotatable bonds is 2. The molecule has 0 N–H and O–H groups in total. The average Bonchev–Trinajstić information content (AvgIpc) is 3.86. The SMILES string of the molecule is CC(C)(C)c1cc(-c2cn(-c3cc(C(C)(C)C)cc(C(C)(C)C)c3)nn2)cc(C(C)(C)C)c1.ClCCl.c1cc2nc(c1)-c1cccc(n1)-c1ccc(cc1)OCCOCCOCCOCCOc1ccc-2cc1. The first kappa shape index (κ1) is 56.7. The van der Waals surface area contributed by atoms with E-state index >= 15 is 0 Å². The van der Waals surface area contributed by atoms with Gasteiger partial charge in [0.2, 0.25) is 0 Å². The van der Waals surface area contributed by atoms with Crippen molar-refractivity contribution < 1.29 is 23.7 Å². The molecule has 0 fully saturated rings. The highest BCUT2D eigenvalue weighted by Gasteiger charge is 2.24. The maximum atomic E-state index is 5.79. The van der Waals surface area contributed by atoms with Gasteiger partial charge in [-0.15, -0.1) is 28.3 Å². The predicted octanol–water partition coefficient (Wildman–Crippen LogP) is 14.8. The zero-order valence-electron chi connectivity index (χ0n) is 45.0. The monoisotopic (exact) mass is 1030 g/mol. The van der Waals surface area contributed by atoms with Crippen LogP contribution in [-0.4, -0.2) is 83.2 Å². The minimum atomic E-state index is 0.0576. The van der Waals surface area contributed by atoms with Crippen LogP contribution in [0.15, 0.2) is 128 Å². The highest BCUT2D eigenvalue weighted by atomic mass is 35.5. The molecule has 0 saturated heterocycles. The summed E-state index contributed by atoms with van der Waals surface area (Å²) >= 11 is 9.53. The van der Waals surface area contributed by atoms with E-state index in [4.69, 9.17) is 56.9 Å². The predicted molar refractivity (Wildman–Crippen MR) is 300 cm³/mol. The van der Waals surface area contributed by atoms with Crippen LogP contribution >= 0.6 is 23.2 Å². The van der Waals surface area contributed by atoms with Crippen LogP contribution in [0.3, 0.4) is 0 Å². The smallest absolute Gasteiger partial charge is 0.119 e. The first-order chi connectivity index (χ1) is 34.6. The Morgan fingerprint density at radius 1 is 0.411 bits per heavy atom.